The maximum atomic E-state index is 5.54. The van der Waals surface area contributed by atoms with Gasteiger partial charge in [-0.2, -0.15) is 0 Å². The summed E-state index contributed by atoms with van der Waals surface area (Å²) in [5, 5.41) is 0. The minimum Gasteiger partial charge on any atom is -0.380 e. The van der Waals surface area contributed by atoms with Crippen LogP contribution in [0.3, 0.4) is 0 Å². The van der Waals surface area contributed by atoms with E-state index in [0.29, 0.717) is 0 Å². The van der Waals surface area contributed by atoms with Crippen LogP contribution in [0.1, 0.15) is 39.5 Å². The second kappa shape index (κ2) is 13.9. The van der Waals surface area contributed by atoms with E-state index in [9.17, 15) is 0 Å². The van der Waals surface area contributed by atoms with Gasteiger partial charge in [0, 0.05) is 26.3 Å². The summed E-state index contributed by atoms with van der Waals surface area (Å²) >= 11 is 0. The average molecular weight is 244 g/mol. The van der Waals surface area contributed by atoms with Gasteiger partial charge in [-0.1, -0.05) is 26.7 Å². The predicted molar refractivity (Wildman–Crippen MR) is 73.3 cm³/mol. The first-order chi connectivity index (χ1) is 8.35. The molecule has 0 aliphatic rings. The van der Waals surface area contributed by atoms with E-state index in [2.05, 4.69) is 25.7 Å². The first kappa shape index (κ1) is 16.9. The van der Waals surface area contributed by atoms with Crippen LogP contribution < -0.4 is 0 Å². The molecule has 0 fully saturated rings. The number of hydrogen-bond donors (Lipinski definition) is 0. The van der Waals surface area contributed by atoms with Crippen molar-refractivity contribution in [3.8, 4) is 0 Å². The van der Waals surface area contributed by atoms with Crippen molar-refractivity contribution in [3.05, 3.63) is 6.92 Å². The highest BCUT2D eigenvalue weighted by atomic mass is 16.5. The quantitative estimate of drug-likeness (QED) is 0.465. The Hall–Kier alpha value is -0.120. The van der Waals surface area contributed by atoms with Gasteiger partial charge in [0.25, 0.3) is 0 Å². The van der Waals surface area contributed by atoms with Crippen LogP contribution in [-0.4, -0.2) is 51.0 Å². The molecule has 1 radical (unpaired) electrons. The number of ether oxygens (including phenoxy) is 2. The number of rotatable bonds is 13. The summed E-state index contributed by atoms with van der Waals surface area (Å²) < 4.78 is 11.1. The molecule has 0 spiro atoms. The van der Waals surface area contributed by atoms with E-state index in [-0.39, 0.29) is 0 Å². The van der Waals surface area contributed by atoms with Gasteiger partial charge in [0.05, 0.1) is 13.2 Å². The van der Waals surface area contributed by atoms with Crippen molar-refractivity contribution in [3.63, 3.8) is 0 Å². The lowest BCUT2D eigenvalue weighted by Gasteiger charge is -2.20. The summed E-state index contributed by atoms with van der Waals surface area (Å²) in [7, 11) is 0. The smallest absolute Gasteiger partial charge is 0.0593 e. The molecule has 103 valence electrons. The molecule has 17 heavy (non-hydrogen) atoms. The van der Waals surface area contributed by atoms with Crippen molar-refractivity contribution < 1.29 is 9.47 Å². The molecule has 3 nitrogen and oxygen atoms in total. The van der Waals surface area contributed by atoms with Crippen molar-refractivity contribution >= 4 is 0 Å². The third kappa shape index (κ3) is 12.1. The van der Waals surface area contributed by atoms with E-state index in [4.69, 9.17) is 9.47 Å². The van der Waals surface area contributed by atoms with Gasteiger partial charge in [0.2, 0.25) is 0 Å². The molecule has 0 N–H and O–H groups in total. The van der Waals surface area contributed by atoms with Gasteiger partial charge < -0.3 is 9.47 Å². The maximum Gasteiger partial charge on any atom is 0.0593 e. The fraction of sp³-hybridized carbons (Fsp3) is 0.929. The van der Waals surface area contributed by atoms with Crippen LogP contribution in [0.2, 0.25) is 0 Å². The van der Waals surface area contributed by atoms with Crippen LogP contribution >= 0.6 is 0 Å². The van der Waals surface area contributed by atoms with E-state index in [1.807, 2.05) is 0 Å². The van der Waals surface area contributed by atoms with Crippen LogP contribution in [0.5, 0.6) is 0 Å². The molecule has 0 rings (SSSR count). The predicted octanol–water partition coefficient (Wildman–Crippen LogP) is 2.76. The first-order valence-electron chi connectivity index (χ1n) is 7.02. The standard InChI is InChI=1S/C14H30NO2/c1-4-7-11-16-13-9-15(6-3)10-14-17-12-8-5-2/h3-14H2,1-2H3. The lowest BCUT2D eigenvalue weighted by Crippen LogP contribution is -2.31. The summed E-state index contributed by atoms with van der Waals surface area (Å²) in [5.74, 6) is 0. The summed E-state index contributed by atoms with van der Waals surface area (Å²) in [6.45, 7) is 14.4. The average Bonchev–Trinajstić information content (AvgIpc) is 2.36. The Morgan fingerprint density at radius 1 is 0.824 bits per heavy atom. The number of hydrogen-bond acceptors (Lipinski definition) is 3. The van der Waals surface area contributed by atoms with Crippen LogP contribution in [0.25, 0.3) is 0 Å². The highest BCUT2D eigenvalue weighted by molar-refractivity contribution is 4.58. The van der Waals surface area contributed by atoms with Gasteiger partial charge in [0.1, 0.15) is 0 Å². The van der Waals surface area contributed by atoms with Gasteiger partial charge in [0.15, 0.2) is 0 Å². The van der Waals surface area contributed by atoms with Crippen LogP contribution in [0.4, 0.5) is 0 Å². The highest BCUT2D eigenvalue weighted by Gasteiger charge is 2.01. The molecule has 0 aliphatic carbocycles. The molecule has 0 aromatic carbocycles. The molecule has 0 bridgehead atoms. The molecule has 3 heteroatoms. The Balaban J connectivity index is 3.30. The van der Waals surface area contributed by atoms with Gasteiger partial charge in [-0.05, 0) is 26.3 Å². The first-order valence-corrected chi connectivity index (χ1v) is 7.02. The molecule has 0 aliphatic heterocycles. The summed E-state index contributed by atoms with van der Waals surface area (Å²) in [6.07, 6.45) is 4.71. The monoisotopic (exact) mass is 244 g/mol. The van der Waals surface area contributed by atoms with Crippen molar-refractivity contribution in [1.82, 2.24) is 4.90 Å². The molecular weight excluding hydrogens is 214 g/mol. The van der Waals surface area contributed by atoms with Gasteiger partial charge in [-0.15, -0.1) is 0 Å². The molecule has 0 aromatic rings. The normalized spacial score (nSPS) is 11.3. The Kier molecular flexibility index (Phi) is 13.8. The zero-order valence-corrected chi connectivity index (χ0v) is 11.7. The fourth-order valence-electron chi connectivity index (χ4n) is 1.42. The second-order valence-electron chi connectivity index (χ2n) is 4.27. The van der Waals surface area contributed by atoms with Crippen molar-refractivity contribution in [1.29, 1.82) is 0 Å². The zero-order valence-electron chi connectivity index (χ0n) is 11.7. The van der Waals surface area contributed by atoms with E-state index in [1.54, 1.807) is 0 Å². The van der Waals surface area contributed by atoms with E-state index < -0.39 is 0 Å². The van der Waals surface area contributed by atoms with Crippen LogP contribution in [0, 0.1) is 6.92 Å². The van der Waals surface area contributed by atoms with E-state index in [1.165, 1.54) is 12.8 Å². The molecular formula is C14H30NO2. The second-order valence-corrected chi connectivity index (χ2v) is 4.27. The van der Waals surface area contributed by atoms with Crippen molar-refractivity contribution in [2.75, 3.05) is 46.1 Å². The van der Waals surface area contributed by atoms with Crippen LogP contribution in [-0.2, 0) is 9.47 Å². The van der Waals surface area contributed by atoms with E-state index in [0.717, 1.165) is 58.9 Å². The minimum atomic E-state index is 0.810. The molecule has 0 aromatic heterocycles. The lowest BCUT2D eigenvalue weighted by molar-refractivity contribution is 0.0769. The molecule has 0 unspecified atom stereocenters. The van der Waals surface area contributed by atoms with Crippen molar-refractivity contribution in [2.45, 2.75) is 39.5 Å². The fourth-order valence-corrected chi connectivity index (χ4v) is 1.42. The number of unbranched alkanes of at least 4 members (excludes halogenated alkanes) is 2. The van der Waals surface area contributed by atoms with Crippen LogP contribution in [0.15, 0.2) is 0 Å². The lowest BCUT2D eigenvalue weighted by atomic mass is 10.4. The third-order valence-electron chi connectivity index (χ3n) is 2.70. The summed E-state index contributed by atoms with van der Waals surface area (Å²) in [6, 6.07) is 0. The Labute approximate surface area is 107 Å². The Morgan fingerprint density at radius 2 is 1.29 bits per heavy atom. The largest absolute Gasteiger partial charge is 0.380 e. The molecule has 0 amide bonds. The molecule has 0 heterocycles. The highest BCUT2D eigenvalue weighted by Crippen LogP contribution is 1.93. The summed E-state index contributed by atoms with van der Waals surface area (Å²) in [5.41, 5.74) is 0. The Bertz CT molecular complexity index is 128. The SMILES string of the molecule is [CH2]CN(CCOCCCC)CCOCCCC. The molecule has 0 saturated heterocycles. The molecule has 0 saturated carbocycles. The zero-order chi connectivity index (χ0) is 12.8. The van der Waals surface area contributed by atoms with Gasteiger partial charge in [-0.3, -0.25) is 4.90 Å². The van der Waals surface area contributed by atoms with Gasteiger partial charge in [-0.25, -0.2) is 0 Å². The summed E-state index contributed by atoms with van der Waals surface area (Å²) in [4.78, 5) is 2.28. The minimum absolute atomic E-state index is 0.810. The topological polar surface area (TPSA) is 21.7 Å². The van der Waals surface area contributed by atoms with E-state index >= 15 is 0 Å². The third-order valence-corrected chi connectivity index (χ3v) is 2.70. The van der Waals surface area contributed by atoms with Crippen molar-refractivity contribution in [2.24, 2.45) is 0 Å². The number of nitrogens with zero attached hydrogens (tertiary/aromatic N) is 1. The molecule has 0 atom stereocenters. The van der Waals surface area contributed by atoms with Gasteiger partial charge >= 0.3 is 0 Å². The maximum absolute atomic E-state index is 5.54. The Morgan fingerprint density at radius 3 is 1.65 bits per heavy atom.